The van der Waals surface area contributed by atoms with E-state index >= 15 is 0 Å². The smallest absolute Gasteiger partial charge is 0.329 e. The first-order valence-corrected chi connectivity index (χ1v) is 5.12. The van der Waals surface area contributed by atoms with Gasteiger partial charge >= 0.3 is 5.97 Å². The summed E-state index contributed by atoms with van der Waals surface area (Å²) in [5, 5.41) is 12.4. The van der Waals surface area contributed by atoms with Gasteiger partial charge in [-0.1, -0.05) is 0 Å². The van der Waals surface area contributed by atoms with Crippen molar-refractivity contribution in [2.24, 2.45) is 0 Å². The summed E-state index contributed by atoms with van der Waals surface area (Å²) >= 11 is 0.342. The maximum atomic E-state index is 11.2. The van der Waals surface area contributed by atoms with E-state index in [0.29, 0.717) is 11.9 Å². The lowest BCUT2D eigenvalue weighted by Gasteiger charge is -2.12. The Morgan fingerprint density at radius 2 is 2.20 bits per heavy atom. The van der Waals surface area contributed by atoms with Gasteiger partial charge in [0.15, 0.2) is 0 Å². The molecule has 0 fully saturated rings. The summed E-state index contributed by atoms with van der Waals surface area (Å²) in [5.74, 6) is -1.25. The maximum Gasteiger partial charge on any atom is 0.329 e. The molecule has 1 N–H and O–H groups in total. The van der Waals surface area contributed by atoms with Crippen LogP contribution in [0.3, 0.4) is 0 Å². The molecule has 0 aliphatic heterocycles. The third kappa shape index (κ3) is 6.72. The van der Waals surface area contributed by atoms with Gasteiger partial charge in [0.25, 0.3) is 0 Å². The Bertz CT molecular complexity index is 258. The van der Waals surface area contributed by atoms with Crippen molar-refractivity contribution in [3.8, 4) is 0 Å². The van der Waals surface area contributed by atoms with Crippen LogP contribution in [0.25, 0.3) is 0 Å². The van der Waals surface area contributed by atoms with E-state index < -0.39 is 22.2 Å². The molecule has 7 nitrogen and oxygen atoms in total. The molecular formula is C7H12N2O5S. The number of rotatable bonds is 6. The second-order valence-electron chi connectivity index (χ2n) is 2.52. The number of esters is 1. The van der Waals surface area contributed by atoms with E-state index in [1.165, 1.54) is 6.92 Å². The Morgan fingerprint density at radius 1 is 1.60 bits per heavy atom. The maximum absolute atomic E-state index is 11.2. The number of nitrogens with one attached hydrogen (secondary N) is 1. The summed E-state index contributed by atoms with van der Waals surface area (Å²) in [6.07, 6.45) is 0. The van der Waals surface area contributed by atoms with Crippen molar-refractivity contribution in [1.29, 1.82) is 0 Å². The number of carbonyl (C=O) groups is 2. The van der Waals surface area contributed by atoms with E-state index in [1.54, 1.807) is 6.92 Å². The van der Waals surface area contributed by atoms with Gasteiger partial charge < -0.3 is 10.1 Å². The zero-order valence-corrected chi connectivity index (χ0v) is 9.20. The van der Waals surface area contributed by atoms with Crippen molar-refractivity contribution in [3.05, 3.63) is 10.1 Å². The molecule has 0 aliphatic carbocycles. The van der Waals surface area contributed by atoms with Gasteiger partial charge in [-0.15, -0.1) is 0 Å². The van der Waals surface area contributed by atoms with Gasteiger partial charge in [0.1, 0.15) is 10.4 Å². The first-order chi connectivity index (χ1) is 6.97. The predicted molar refractivity (Wildman–Crippen MR) is 53.7 cm³/mol. The third-order valence-electron chi connectivity index (χ3n) is 1.30. The molecule has 15 heavy (non-hydrogen) atoms. The molecule has 0 aromatic heterocycles. The van der Waals surface area contributed by atoms with Gasteiger partial charge in [-0.3, -0.25) is 14.9 Å². The van der Waals surface area contributed by atoms with Crippen molar-refractivity contribution < 1.29 is 18.7 Å². The van der Waals surface area contributed by atoms with Crippen LogP contribution in [0.2, 0.25) is 0 Å². The molecule has 0 radical (unpaired) electrons. The Hall–Kier alpha value is -1.31. The average molecular weight is 236 g/mol. The van der Waals surface area contributed by atoms with Crippen molar-refractivity contribution in [1.82, 2.24) is 5.32 Å². The monoisotopic (exact) mass is 236 g/mol. The van der Waals surface area contributed by atoms with Crippen molar-refractivity contribution in [2.45, 2.75) is 19.9 Å². The molecule has 0 bridgehead atoms. The molecule has 86 valence electrons. The third-order valence-corrected chi connectivity index (χ3v) is 1.99. The summed E-state index contributed by atoms with van der Waals surface area (Å²) < 4.78 is 4.02. The van der Waals surface area contributed by atoms with Gasteiger partial charge in [-0.25, -0.2) is 4.79 Å². The Balaban J connectivity index is 4.23. The lowest BCUT2D eigenvalue weighted by atomic mass is 10.3. The van der Waals surface area contributed by atoms with Crippen LogP contribution >= 0.6 is 11.9 Å². The predicted octanol–water partition coefficient (Wildman–Crippen LogP) is -0.0209. The lowest BCUT2D eigenvalue weighted by molar-refractivity contribution is -0.284. The number of hydrogen-bond donors (Lipinski definition) is 1. The second-order valence-corrected chi connectivity index (χ2v) is 3.41. The molecule has 0 aliphatic rings. The Kier molecular flexibility index (Phi) is 6.43. The molecule has 0 aromatic rings. The summed E-state index contributed by atoms with van der Waals surface area (Å²) in [7, 11) is 0. The largest absolute Gasteiger partial charge is 0.464 e. The molecule has 8 heteroatoms. The highest BCUT2D eigenvalue weighted by Crippen LogP contribution is 2.04. The zero-order chi connectivity index (χ0) is 11.8. The van der Waals surface area contributed by atoms with E-state index in [0.717, 1.165) is 0 Å². The second kappa shape index (κ2) is 7.04. The first kappa shape index (κ1) is 13.7. The van der Waals surface area contributed by atoms with E-state index in [-0.39, 0.29) is 12.4 Å². The molecular weight excluding hydrogens is 224 g/mol. The minimum atomic E-state index is -0.974. The van der Waals surface area contributed by atoms with E-state index in [1.807, 2.05) is 0 Å². The van der Waals surface area contributed by atoms with Crippen LogP contribution in [0.4, 0.5) is 0 Å². The minimum absolute atomic E-state index is 0.147. The fourth-order valence-electron chi connectivity index (χ4n) is 0.792. The van der Waals surface area contributed by atoms with Crippen LogP contribution in [-0.2, 0) is 14.3 Å². The van der Waals surface area contributed by atoms with Crippen LogP contribution in [0.5, 0.6) is 0 Å². The number of amides is 1. The summed E-state index contributed by atoms with van der Waals surface area (Å²) in [5.41, 5.74) is 0. The molecule has 0 rings (SSSR count). The van der Waals surface area contributed by atoms with Crippen molar-refractivity contribution in [2.75, 3.05) is 12.4 Å². The van der Waals surface area contributed by atoms with E-state index in [9.17, 15) is 19.7 Å². The van der Waals surface area contributed by atoms with Gasteiger partial charge in [0, 0.05) is 6.92 Å². The molecule has 0 unspecified atom stereocenters. The molecule has 1 amide bonds. The van der Waals surface area contributed by atoms with Crippen molar-refractivity contribution in [3.63, 3.8) is 0 Å². The van der Waals surface area contributed by atoms with E-state index in [2.05, 4.69) is 10.1 Å². The number of carbonyl (C=O) groups excluding carboxylic acids is 2. The van der Waals surface area contributed by atoms with Crippen LogP contribution in [-0.4, -0.2) is 34.6 Å². The quantitative estimate of drug-likeness (QED) is 0.301. The van der Waals surface area contributed by atoms with Crippen molar-refractivity contribution >= 4 is 23.8 Å². The fourth-order valence-corrected chi connectivity index (χ4v) is 1.28. The molecule has 0 aromatic carbocycles. The standard InChI is InChI=1S/C7H12N2O5S/c1-3-14-7(11)6(8-5(2)10)4-15-9(12)13/h6H,3-4H2,1-2H3,(H,8,10)/t6-/m0/s1. The number of hydrogen-bond acceptors (Lipinski definition) is 6. The minimum Gasteiger partial charge on any atom is -0.464 e. The van der Waals surface area contributed by atoms with Gasteiger partial charge in [-0.05, 0) is 6.92 Å². The number of nitro groups is 1. The molecule has 0 spiro atoms. The SMILES string of the molecule is CCOC(=O)[C@H](CS[N+](=O)[O-])NC(C)=O. The highest BCUT2D eigenvalue weighted by atomic mass is 32.2. The molecule has 0 heterocycles. The highest BCUT2D eigenvalue weighted by Gasteiger charge is 2.23. The molecule has 0 saturated heterocycles. The summed E-state index contributed by atoms with van der Waals surface area (Å²) in [6.45, 7) is 3.00. The summed E-state index contributed by atoms with van der Waals surface area (Å²) in [6, 6.07) is -0.974. The van der Waals surface area contributed by atoms with Crippen LogP contribution < -0.4 is 5.32 Å². The lowest BCUT2D eigenvalue weighted by Crippen LogP contribution is -2.42. The topological polar surface area (TPSA) is 98.5 Å². The van der Waals surface area contributed by atoms with E-state index in [4.69, 9.17) is 0 Å². The normalized spacial score (nSPS) is 11.6. The Labute approximate surface area is 90.8 Å². The van der Waals surface area contributed by atoms with Gasteiger partial charge in [0.05, 0.1) is 12.4 Å². The highest BCUT2D eigenvalue weighted by molar-refractivity contribution is 7.93. The average Bonchev–Trinajstić information content (AvgIpc) is 2.11. The molecule has 0 saturated carbocycles. The van der Waals surface area contributed by atoms with Crippen LogP contribution in [0.15, 0.2) is 0 Å². The Morgan fingerprint density at radius 3 is 2.60 bits per heavy atom. The summed E-state index contributed by atoms with van der Waals surface area (Å²) in [4.78, 5) is 32.0. The number of nitrogens with zero attached hydrogens (tertiary/aromatic N) is 1. The first-order valence-electron chi connectivity index (χ1n) is 4.18. The van der Waals surface area contributed by atoms with Gasteiger partial charge in [-0.2, -0.15) is 0 Å². The van der Waals surface area contributed by atoms with Gasteiger partial charge in [0.2, 0.25) is 17.9 Å². The zero-order valence-electron chi connectivity index (χ0n) is 8.39. The van der Waals surface area contributed by atoms with Crippen LogP contribution in [0, 0.1) is 10.1 Å². The van der Waals surface area contributed by atoms with Crippen LogP contribution in [0.1, 0.15) is 13.8 Å². The number of ether oxygens (including phenoxy) is 1. The molecule has 1 atom stereocenters. The fraction of sp³-hybridized carbons (Fsp3) is 0.714.